The van der Waals surface area contributed by atoms with Crippen LogP contribution in [0.4, 0.5) is 0 Å². The molecule has 0 radical (unpaired) electrons. The second-order valence-corrected chi connectivity index (χ2v) is 4.89. The van der Waals surface area contributed by atoms with Crippen molar-refractivity contribution >= 4 is 5.91 Å². The lowest BCUT2D eigenvalue weighted by atomic mass is 9.63. The van der Waals surface area contributed by atoms with Gasteiger partial charge in [-0.3, -0.25) is 4.79 Å². The van der Waals surface area contributed by atoms with E-state index in [0.717, 1.165) is 19.3 Å². The first kappa shape index (κ1) is 11.5. The molecule has 82 valence electrons. The minimum Gasteiger partial charge on any atom is -0.353 e. The van der Waals surface area contributed by atoms with Crippen LogP contribution in [0.3, 0.4) is 0 Å². The van der Waals surface area contributed by atoms with Crippen molar-refractivity contribution in [1.29, 1.82) is 0 Å². The zero-order valence-corrected chi connectivity index (χ0v) is 9.47. The number of amides is 1. The Morgan fingerprint density at radius 2 is 2.21 bits per heavy atom. The van der Waals surface area contributed by atoms with Gasteiger partial charge in [-0.15, -0.1) is 0 Å². The first-order valence-electron chi connectivity index (χ1n) is 5.53. The van der Waals surface area contributed by atoms with Gasteiger partial charge in [0.25, 0.3) is 0 Å². The molecule has 2 atom stereocenters. The van der Waals surface area contributed by atoms with Crippen molar-refractivity contribution in [2.45, 2.75) is 58.5 Å². The molecule has 0 saturated heterocycles. The minimum atomic E-state index is 0.0713. The van der Waals surface area contributed by atoms with E-state index in [2.05, 4.69) is 26.1 Å². The summed E-state index contributed by atoms with van der Waals surface area (Å²) in [6.07, 6.45) is 3.62. The number of nitrogens with two attached hydrogens (primary N) is 1. The zero-order chi connectivity index (χ0) is 10.8. The number of hydrogen-bond acceptors (Lipinski definition) is 2. The third-order valence-corrected chi connectivity index (χ3v) is 3.44. The van der Waals surface area contributed by atoms with Crippen molar-refractivity contribution < 1.29 is 4.79 Å². The topological polar surface area (TPSA) is 55.1 Å². The lowest BCUT2D eigenvalue weighted by Gasteiger charge is -2.50. The molecule has 1 fully saturated rings. The van der Waals surface area contributed by atoms with Gasteiger partial charge in [-0.1, -0.05) is 27.2 Å². The number of rotatable bonds is 4. The van der Waals surface area contributed by atoms with Crippen molar-refractivity contribution in [3.05, 3.63) is 0 Å². The molecule has 1 aliphatic rings. The zero-order valence-electron chi connectivity index (χ0n) is 9.47. The van der Waals surface area contributed by atoms with Crippen LogP contribution in [0.25, 0.3) is 0 Å². The van der Waals surface area contributed by atoms with E-state index in [-0.39, 0.29) is 23.4 Å². The van der Waals surface area contributed by atoms with Crippen molar-refractivity contribution in [2.24, 2.45) is 11.1 Å². The molecule has 0 bridgehead atoms. The first-order chi connectivity index (χ1) is 6.48. The molecule has 3 nitrogen and oxygen atoms in total. The van der Waals surface area contributed by atoms with Gasteiger partial charge >= 0.3 is 0 Å². The van der Waals surface area contributed by atoms with Crippen LogP contribution in [0.1, 0.15) is 46.5 Å². The quantitative estimate of drug-likeness (QED) is 0.717. The highest BCUT2D eigenvalue weighted by atomic mass is 16.1. The van der Waals surface area contributed by atoms with Gasteiger partial charge in [-0.05, 0) is 12.8 Å². The van der Waals surface area contributed by atoms with Crippen molar-refractivity contribution in [1.82, 2.24) is 5.32 Å². The van der Waals surface area contributed by atoms with E-state index in [1.807, 2.05) is 0 Å². The van der Waals surface area contributed by atoms with E-state index in [1.54, 1.807) is 0 Å². The Kier molecular flexibility index (Phi) is 3.53. The molecule has 1 saturated carbocycles. The molecule has 14 heavy (non-hydrogen) atoms. The molecule has 0 aromatic rings. The summed E-state index contributed by atoms with van der Waals surface area (Å²) >= 11 is 0. The molecule has 3 heteroatoms. The van der Waals surface area contributed by atoms with Crippen LogP contribution >= 0.6 is 0 Å². The van der Waals surface area contributed by atoms with E-state index in [4.69, 9.17) is 5.73 Å². The second kappa shape index (κ2) is 4.30. The fraction of sp³-hybridized carbons (Fsp3) is 0.909. The average Bonchev–Trinajstić information content (AvgIpc) is 2.14. The van der Waals surface area contributed by atoms with E-state index in [1.165, 1.54) is 0 Å². The minimum absolute atomic E-state index is 0.0713. The van der Waals surface area contributed by atoms with Crippen LogP contribution in [0.5, 0.6) is 0 Å². The van der Waals surface area contributed by atoms with Crippen molar-refractivity contribution in [3.8, 4) is 0 Å². The average molecular weight is 198 g/mol. The normalized spacial score (nSPS) is 29.4. The summed E-state index contributed by atoms with van der Waals surface area (Å²) in [4.78, 5) is 11.4. The van der Waals surface area contributed by atoms with Gasteiger partial charge in [-0.25, -0.2) is 0 Å². The highest BCUT2D eigenvalue weighted by molar-refractivity contribution is 5.76. The monoisotopic (exact) mass is 198 g/mol. The van der Waals surface area contributed by atoms with Gasteiger partial charge in [0.2, 0.25) is 5.91 Å². The summed E-state index contributed by atoms with van der Waals surface area (Å²) in [5, 5.41) is 3.05. The van der Waals surface area contributed by atoms with E-state index < -0.39 is 0 Å². The first-order valence-corrected chi connectivity index (χ1v) is 5.53. The van der Waals surface area contributed by atoms with Gasteiger partial charge in [-0.2, -0.15) is 0 Å². The number of unbranched alkanes of at least 4 members (excludes halogenated alkanes) is 1. The molecule has 1 aliphatic carbocycles. The van der Waals surface area contributed by atoms with E-state index in [9.17, 15) is 4.79 Å². The molecule has 0 aromatic carbocycles. The predicted octanol–water partition coefficient (Wildman–Crippen LogP) is 1.42. The van der Waals surface area contributed by atoms with E-state index in [0.29, 0.717) is 6.42 Å². The third kappa shape index (κ3) is 2.27. The Morgan fingerprint density at radius 3 is 2.64 bits per heavy atom. The van der Waals surface area contributed by atoms with Gasteiger partial charge in [0, 0.05) is 23.9 Å². The summed E-state index contributed by atoms with van der Waals surface area (Å²) in [5.41, 5.74) is 5.94. The van der Waals surface area contributed by atoms with Crippen LogP contribution in [0.15, 0.2) is 0 Å². The predicted molar refractivity (Wildman–Crippen MR) is 57.8 cm³/mol. The summed E-state index contributed by atoms with van der Waals surface area (Å²) in [5.74, 6) is 0.178. The molecule has 0 aliphatic heterocycles. The fourth-order valence-corrected chi connectivity index (χ4v) is 1.81. The molecule has 3 N–H and O–H groups in total. The van der Waals surface area contributed by atoms with Gasteiger partial charge in [0.05, 0.1) is 0 Å². The maximum atomic E-state index is 11.4. The number of carbonyl (C=O) groups excluding carboxylic acids is 1. The summed E-state index contributed by atoms with van der Waals surface area (Å²) in [6.45, 7) is 6.33. The van der Waals surface area contributed by atoms with Crippen LogP contribution in [0.2, 0.25) is 0 Å². The van der Waals surface area contributed by atoms with Crippen molar-refractivity contribution in [2.75, 3.05) is 0 Å². The Morgan fingerprint density at radius 1 is 1.57 bits per heavy atom. The molecule has 2 unspecified atom stereocenters. The standard InChI is InChI=1S/C11H22N2O/c1-4-5-6-10(14)13-9-7-8(12)11(9,2)3/h8-9H,4-7,12H2,1-3H3,(H,13,14). The summed E-state index contributed by atoms with van der Waals surface area (Å²) in [6, 6.07) is 0.515. The maximum Gasteiger partial charge on any atom is 0.220 e. The molecule has 1 amide bonds. The summed E-state index contributed by atoms with van der Waals surface area (Å²) in [7, 11) is 0. The number of hydrogen-bond donors (Lipinski definition) is 2. The Bertz CT molecular complexity index is 213. The molecule has 0 heterocycles. The van der Waals surface area contributed by atoms with Crippen molar-refractivity contribution in [3.63, 3.8) is 0 Å². The Hall–Kier alpha value is -0.570. The van der Waals surface area contributed by atoms with Crippen LogP contribution < -0.4 is 11.1 Å². The molecular formula is C11H22N2O. The number of carbonyl (C=O) groups is 1. The lowest BCUT2D eigenvalue weighted by molar-refractivity contribution is -0.124. The summed E-state index contributed by atoms with van der Waals surface area (Å²) < 4.78 is 0. The van der Waals surface area contributed by atoms with Crippen LogP contribution in [-0.4, -0.2) is 18.0 Å². The Labute approximate surface area is 86.4 Å². The largest absolute Gasteiger partial charge is 0.353 e. The van der Waals surface area contributed by atoms with Gasteiger partial charge < -0.3 is 11.1 Å². The molecule has 0 spiro atoms. The highest BCUT2D eigenvalue weighted by Gasteiger charge is 2.46. The third-order valence-electron chi connectivity index (χ3n) is 3.44. The molecular weight excluding hydrogens is 176 g/mol. The fourth-order valence-electron chi connectivity index (χ4n) is 1.81. The SMILES string of the molecule is CCCCC(=O)NC1CC(N)C1(C)C. The van der Waals surface area contributed by atoms with Crippen LogP contribution in [-0.2, 0) is 4.79 Å². The highest BCUT2D eigenvalue weighted by Crippen LogP contribution is 2.38. The number of nitrogens with one attached hydrogen (secondary N) is 1. The smallest absolute Gasteiger partial charge is 0.220 e. The Balaban J connectivity index is 2.29. The molecule has 0 aromatic heterocycles. The van der Waals surface area contributed by atoms with Crippen LogP contribution in [0, 0.1) is 5.41 Å². The van der Waals surface area contributed by atoms with Gasteiger partial charge in [0.15, 0.2) is 0 Å². The van der Waals surface area contributed by atoms with Gasteiger partial charge in [0.1, 0.15) is 0 Å². The lowest BCUT2D eigenvalue weighted by Crippen LogP contribution is -2.64. The second-order valence-electron chi connectivity index (χ2n) is 4.89. The maximum absolute atomic E-state index is 11.4. The van der Waals surface area contributed by atoms with E-state index >= 15 is 0 Å². The molecule has 1 rings (SSSR count).